The van der Waals surface area contributed by atoms with Gasteiger partial charge in [0.1, 0.15) is 5.82 Å². The van der Waals surface area contributed by atoms with Crippen molar-refractivity contribution in [3.63, 3.8) is 0 Å². The lowest BCUT2D eigenvalue weighted by Crippen LogP contribution is -2.17. The van der Waals surface area contributed by atoms with Crippen LogP contribution in [0, 0.1) is 19.8 Å². The van der Waals surface area contributed by atoms with Crippen molar-refractivity contribution < 1.29 is 0 Å². The first-order valence-corrected chi connectivity index (χ1v) is 6.86. The van der Waals surface area contributed by atoms with Crippen LogP contribution in [0.4, 0.5) is 0 Å². The maximum atomic E-state index is 5.86. The summed E-state index contributed by atoms with van der Waals surface area (Å²) in [6.45, 7) is 5.06. The minimum absolute atomic E-state index is 0.531. The summed E-state index contributed by atoms with van der Waals surface area (Å²) in [5, 5.41) is 0. The summed E-state index contributed by atoms with van der Waals surface area (Å²) in [6, 6.07) is 4.38. The van der Waals surface area contributed by atoms with Gasteiger partial charge in [-0.1, -0.05) is 6.42 Å². The topological polar surface area (TPSA) is 54.7 Å². The largest absolute Gasteiger partial charge is 0.342 e. The number of aromatic amines is 1. The molecule has 0 saturated heterocycles. The predicted octanol–water partition coefficient (Wildman–Crippen LogP) is 3.02. The second-order valence-corrected chi connectivity index (χ2v) is 5.61. The first-order valence-electron chi connectivity index (χ1n) is 6.86. The summed E-state index contributed by atoms with van der Waals surface area (Å²) in [6.07, 6.45) is 3.75. The van der Waals surface area contributed by atoms with Crippen LogP contribution in [0.1, 0.15) is 42.1 Å². The van der Waals surface area contributed by atoms with Crippen LogP contribution in [0.15, 0.2) is 12.1 Å². The third-order valence-electron chi connectivity index (χ3n) is 4.43. The van der Waals surface area contributed by atoms with E-state index in [2.05, 4.69) is 31.0 Å². The van der Waals surface area contributed by atoms with Gasteiger partial charge in [0.05, 0.1) is 11.0 Å². The van der Waals surface area contributed by atoms with Crippen molar-refractivity contribution in [2.75, 3.05) is 6.54 Å². The molecule has 1 fully saturated rings. The average Bonchev–Trinajstić information content (AvgIpc) is 2.95. The standard InChI is InChI=1S/C15H21N3/c1-9-6-13-14(7-10(9)2)18-15(17-13)12-5-3-4-11(12)8-16/h6-7,11-12H,3-5,8,16H2,1-2H3,(H,17,18). The zero-order chi connectivity index (χ0) is 12.7. The number of nitrogens with zero attached hydrogens (tertiary/aromatic N) is 1. The number of aryl methyl sites for hydroxylation is 2. The molecule has 3 N–H and O–H groups in total. The molecule has 0 radical (unpaired) electrons. The number of nitrogens with one attached hydrogen (secondary N) is 1. The van der Waals surface area contributed by atoms with Gasteiger partial charge in [0.25, 0.3) is 0 Å². The monoisotopic (exact) mass is 243 g/mol. The molecule has 96 valence electrons. The molecular formula is C15H21N3. The van der Waals surface area contributed by atoms with Gasteiger partial charge in [-0.3, -0.25) is 0 Å². The summed E-state index contributed by atoms with van der Waals surface area (Å²) < 4.78 is 0. The van der Waals surface area contributed by atoms with E-state index in [0.717, 1.165) is 23.4 Å². The van der Waals surface area contributed by atoms with Crippen molar-refractivity contribution in [3.05, 3.63) is 29.1 Å². The summed E-state index contributed by atoms with van der Waals surface area (Å²) >= 11 is 0. The number of H-pyrrole nitrogens is 1. The molecule has 18 heavy (non-hydrogen) atoms. The normalized spacial score (nSPS) is 23.9. The third-order valence-corrected chi connectivity index (χ3v) is 4.43. The predicted molar refractivity (Wildman–Crippen MR) is 74.7 cm³/mol. The number of hydrogen-bond donors (Lipinski definition) is 2. The Labute approximate surface area is 108 Å². The number of hydrogen-bond acceptors (Lipinski definition) is 2. The van der Waals surface area contributed by atoms with Gasteiger partial charge >= 0.3 is 0 Å². The molecule has 2 aromatic rings. The van der Waals surface area contributed by atoms with Crippen molar-refractivity contribution in [2.45, 2.75) is 39.0 Å². The quantitative estimate of drug-likeness (QED) is 0.851. The Bertz CT molecular complexity index is 531. The first-order chi connectivity index (χ1) is 8.69. The highest BCUT2D eigenvalue weighted by atomic mass is 14.9. The zero-order valence-corrected chi connectivity index (χ0v) is 11.2. The second kappa shape index (κ2) is 4.39. The van der Waals surface area contributed by atoms with E-state index in [9.17, 15) is 0 Å². The van der Waals surface area contributed by atoms with Gasteiger partial charge in [0.2, 0.25) is 0 Å². The van der Waals surface area contributed by atoms with Gasteiger partial charge in [-0.2, -0.15) is 0 Å². The fraction of sp³-hybridized carbons (Fsp3) is 0.533. The van der Waals surface area contributed by atoms with E-state index in [-0.39, 0.29) is 0 Å². The molecule has 0 bridgehead atoms. The second-order valence-electron chi connectivity index (χ2n) is 5.61. The number of rotatable bonds is 2. The third kappa shape index (κ3) is 1.83. The van der Waals surface area contributed by atoms with Gasteiger partial charge in [-0.15, -0.1) is 0 Å². The van der Waals surface area contributed by atoms with Crippen LogP contribution in [0.5, 0.6) is 0 Å². The molecule has 1 heterocycles. The molecule has 0 spiro atoms. The average molecular weight is 243 g/mol. The van der Waals surface area contributed by atoms with Crippen LogP contribution in [0.2, 0.25) is 0 Å². The van der Waals surface area contributed by atoms with Crippen molar-refractivity contribution in [1.82, 2.24) is 9.97 Å². The van der Waals surface area contributed by atoms with Crippen molar-refractivity contribution in [1.29, 1.82) is 0 Å². The lowest BCUT2D eigenvalue weighted by Gasteiger charge is -2.14. The summed E-state index contributed by atoms with van der Waals surface area (Å²) in [4.78, 5) is 8.29. The highest BCUT2D eigenvalue weighted by molar-refractivity contribution is 5.77. The van der Waals surface area contributed by atoms with Crippen LogP contribution in [-0.4, -0.2) is 16.5 Å². The van der Waals surface area contributed by atoms with Crippen molar-refractivity contribution in [3.8, 4) is 0 Å². The van der Waals surface area contributed by atoms with E-state index in [1.54, 1.807) is 0 Å². The molecule has 0 amide bonds. The molecular weight excluding hydrogens is 222 g/mol. The molecule has 1 aromatic carbocycles. The minimum Gasteiger partial charge on any atom is -0.342 e. The Morgan fingerprint density at radius 3 is 2.83 bits per heavy atom. The van der Waals surface area contributed by atoms with Crippen LogP contribution in [0.25, 0.3) is 11.0 Å². The summed E-state index contributed by atoms with van der Waals surface area (Å²) in [5.74, 6) is 2.28. The van der Waals surface area contributed by atoms with Gasteiger partial charge in [-0.05, 0) is 62.4 Å². The Kier molecular flexibility index (Phi) is 2.86. The number of benzene rings is 1. The molecule has 1 aliphatic rings. The van der Waals surface area contributed by atoms with E-state index in [0.29, 0.717) is 11.8 Å². The van der Waals surface area contributed by atoms with Crippen molar-refractivity contribution in [2.24, 2.45) is 11.7 Å². The summed E-state index contributed by atoms with van der Waals surface area (Å²) in [5.41, 5.74) is 10.7. The molecule has 2 unspecified atom stereocenters. The SMILES string of the molecule is Cc1cc2nc(C3CCCC3CN)[nH]c2cc1C. The van der Waals surface area contributed by atoms with Crippen LogP contribution in [-0.2, 0) is 0 Å². The Morgan fingerprint density at radius 1 is 1.28 bits per heavy atom. The van der Waals surface area contributed by atoms with Crippen molar-refractivity contribution >= 4 is 11.0 Å². The molecule has 3 rings (SSSR count). The van der Waals surface area contributed by atoms with E-state index < -0.39 is 0 Å². The highest BCUT2D eigenvalue weighted by Crippen LogP contribution is 2.38. The smallest absolute Gasteiger partial charge is 0.110 e. The van der Waals surface area contributed by atoms with Gasteiger partial charge in [0, 0.05) is 5.92 Å². The van der Waals surface area contributed by atoms with Crippen LogP contribution < -0.4 is 5.73 Å². The molecule has 3 nitrogen and oxygen atoms in total. The number of imidazole rings is 1. The lowest BCUT2D eigenvalue weighted by molar-refractivity contribution is 0.481. The van der Waals surface area contributed by atoms with E-state index in [4.69, 9.17) is 10.7 Å². The Hall–Kier alpha value is -1.35. The first kappa shape index (κ1) is 11.7. The summed E-state index contributed by atoms with van der Waals surface area (Å²) in [7, 11) is 0. The molecule has 3 heteroatoms. The Balaban J connectivity index is 2.03. The molecule has 1 aromatic heterocycles. The fourth-order valence-electron chi connectivity index (χ4n) is 3.14. The minimum atomic E-state index is 0.531. The molecule has 2 atom stereocenters. The van der Waals surface area contributed by atoms with Gasteiger partial charge in [0.15, 0.2) is 0 Å². The molecule has 1 saturated carbocycles. The van der Waals surface area contributed by atoms with Crippen LogP contribution in [0.3, 0.4) is 0 Å². The highest BCUT2D eigenvalue weighted by Gasteiger charge is 2.29. The lowest BCUT2D eigenvalue weighted by atomic mass is 9.96. The van der Waals surface area contributed by atoms with E-state index in [1.807, 2.05) is 0 Å². The molecule has 0 aliphatic heterocycles. The number of nitrogens with two attached hydrogens (primary N) is 1. The molecule has 1 aliphatic carbocycles. The van der Waals surface area contributed by atoms with Crippen LogP contribution >= 0.6 is 0 Å². The van der Waals surface area contributed by atoms with E-state index in [1.165, 1.54) is 30.4 Å². The maximum absolute atomic E-state index is 5.86. The maximum Gasteiger partial charge on any atom is 0.110 e. The van der Waals surface area contributed by atoms with Gasteiger partial charge < -0.3 is 10.7 Å². The van der Waals surface area contributed by atoms with E-state index >= 15 is 0 Å². The number of aromatic nitrogens is 2. The fourth-order valence-corrected chi connectivity index (χ4v) is 3.14. The van der Waals surface area contributed by atoms with Gasteiger partial charge in [-0.25, -0.2) is 4.98 Å². The number of fused-ring (bicyclic) bond motifs is 1. The Morgan fingerprint density at radius 2 is 2.06 bits per heavy atom. The zero-order valence-electron chi connectivity index (χ0n) is 11.2.